The van der Waals surface area contributed by atoms with Crippen LogP contribution in [0.15, 0.2) is 18.2 Å². The number of nitrogens with zero attached hydrogens (tertiary/aromatic N) is 2. The van der Waals surface area contributed by atoms with E-state index >= 15 is 0 Å². The zero-order valence-electron chi connectivity index (χ0n) is 16.1. The van der Waals surface area contributed by atoms with Crippen LogP contribution in [0.4, 0.5) is 5.82 Å². The molecule has 5 nitrogen and oxygen atoms in total. The Morgan fingerprint density at radius 2 is 1.88 bits per heavy atom. The summed E-state index contributed by atoms with van der Waals surface area (Å²) in [6, 6.07) is 5.53. The van der Waals surface area contributed by atoms with E-state index in [0.29, 0.717) is 29.1 Å². The molecular weight excluding hydrogens is 350 g/mol. The normalized spacial score (nSPS) is 10.7. The number of hydrogen-bond donors (Lipinski definition) is 1. The number of methoxy groups -OCH3 is 1. The predicted molar refractivity (Wildman–Crippen MR) is 108 cm³/mol. The van der Waals surface area contributed by atoms with Gasteiger partial charge in [0.15, 0.2) is 5.82 Å². The van der Waals surface area contributed by atoms with Crippen LogP contribution in [0.2, 0.25) is 5.02 Å². The maximum atomic E-state index is 6.39. The lowest BCUT2D eigenvalue weighted by atomic mass is 10.1. The van der Waals surface area contributed by atoms with Gasteiger partial charge in [-0.05, 0) is 31.5 Å². The van der Waals surface area contributed by atoms with Crippen LogP contribution in [0.1, 0.15) is 44.7 Å². The summed E-state index contributed by atoms with van der Waals surface area (Å²) < 4.78 is 11.1. The molecule has 0 aliphatic carbocycles. The molecule has 1 heterocycles. The summed E-state index contributed by atoms with van der Waals surface area (Å²) in [6.07, 6.45) is 5.96. The van der Waals surface area contributed by atoms with E-state index in [0.717, 1.165) is 23.4 Å². The first-order chi connectivity index (χ1) is 12.6. The van der Waals surface area contributed by atoms with Gasteiger partial charge in [0.1, 0.15) is 5.75 Å². The maximum absolute atomic E-state index is 6.39. The van der Waals surface area contributed by atoms with Gasteiger partial charge in [0, 0.05) is 12.6 Å². The Morgan fingerprint density at radius 1 is 1.12 bits per heavy atom. The summed E-state index contributed by atoms with van der Waals surface area (Å²) in [7, 11) is 3.43. The first-order valence-electron chi connectivity index (χ1n) is 9.13. The van der Waals surface area contributed by atoms with Crippen molar-refractivity contribution >= 4 is 17.4 Å². The van der Waals surface area contributed by atoms with Gasteiger partial charge >= 0.3 is 0 Å². The van der Waals surface area contributed by atoms with Gasteiger partial charge in [0.25, 0.3) is 5.88 Å². The molecule has 0 fully saturated rings. The Hall–Kier alpha value is -2.01. The van der Waals surface area contributed by atoms with E-state index in [4.69, 9.17) is 21.1 Å². The molecule has 6 heteroatoms. The number of benzene rings is 1. The van der Waals surface area contributed by atoms with Gasteiger partial charge in [0.2, 0.25) is 0 Å². The van der Waals surface area contributed by atoms with E-state index in [2.05, 4.69) is 22.2 Å². The third-order valence-electron chi connectivity index (χ3n) is 4.19. The van der Waals surface area contributed by atoms with E-state index in [1.807, 2.05) is 26.1 Å². The topological polar surface area (TPSA) is 56.3 Å². The van der Waals surface area contributed by atoms with Gasteiger partial charge in [-0.15, -0.1) is 0 Å². The van der Waals surface area contributed by atoms with Crippen molar-refractivity contribution < 1.29 is 9.47 Å². The summed E-state index contributed by atoms with van der Waals surface area (Å²) in [5.74, 6) is 1.86. The van der Waals surface area contributed by atoms with Crippen LogP contribution in [0, 0.1) is 6.92 Å². The molecule has 0 spiro atoms. The number of halogens is 1. The highest BCUT2D eigenvalue weighted by molar-refractivity contribution is 6.33. The predicted octanol–water partition coefficient (Wildman–Crippen LogP) is 5.50. The molecule has 1 aromatic carbocycles. The molecule has 26 heavy (non-hydrogen) atoms. The van der Waals surface area contributed by atoms with Crippen molar-refractivity contribution in [3.63, 3.8) is 0 Å². The van der Waals surface area contributed by atoms with Gasteiger partial charge < -0.3 is 14.8 Å². The summed E-state index contributed by atoms with van der Waals surface area (Å²) in [6.45, 7) is 4.77. The van der Waals surface area contributed by atoms with Crippen molar-refractivity contribution in [3.8, 4) is 22.9 Å². The SMILES string of the molecule is CCCCCCCOc1nc(C)c(-c2ccc(OC)cc2Cl)nc1NC. The highest BCUT2D eigenvalue weighted by Crippen LogP contribution is 2.34. The van der Waals surface area contributed by atoms with Crippen molar-refractivity contribution in [2.75, 3.05) is 26.1 Å². The van der Waals surface area contributed by atoms with Crippen molar-refractivity contribution in [1.29, 1.82) is 0 Å². The minimum atomic E-state index is 0.536. The Bertz CT molecular complexity index is 722. The third-order valence-corrected chi connectivity index (χ3v) is 4.51. The van der Waals surface area contributed by atoms with Crippen LogP contribution >= 0.6 is 11.6 Å². The number of unbranched alkanes of at least 4 members (excludes halogenated alkanes) is 4. The average Bonchev–Trinajstić information content (AvgIpc) is 2.65. The lowest BCUT2D eigenvalue weighted by Gasteiger charge is -2.14. The minimum Gasteiger partial charge on any atom is -0.497 e. The lowest BCUT2D eigenvalue weighted by Crippen LogP contribution is -2.07. The number of anilines is 1. The first-order valence-corrected chi connectivity index (χ1v) is 9.51. The standard InChI is InChI=1S/C20H28ClN3O2/c1-5-6-7-8-9-12-26-20-19(22-3)24-18(14(2)23-20)16-11-10-15(25-4)13-17(16)21/h10-11,13H,5-9,12H2,1-4H3,(H,22,24). The molecule has 2 aromatic rings. The smallest absolute Gasteiger partial charge is 0.257 e. The van der Waals surface area contributed by atoms with Gasteiger partial charge in [-0.25, -0.2) is 9.97 Å². The summed E-state index contributed by atoms with van der Waals surface area (Å²) >= 11 is 6.39. The van der Waals surface area contributed by atoms with Crippen molar-refractivity contribution in [3.05, 3.63) is 28.9 Å². The molecule has 0 bridgehead atoms. The van der Waals surface area contributed by atoms with Gasteiger partial charge in [-0.3, -0.25) is 0 Å². The van der Waals surface area contributed by atoms with Crippen molar-refractivity contribution in [2.24, 2.45) is 0 Å². The van der Waals surface area contributed by atoms with Crippen molar-refractivity contribution in [1.82, 2.24) is 9.97 Å². The zero-order chi connectivity index (χ0) is 18.9. The average molecular weight is 378 g/mol. The molecule has 0 saturated heterocycles. The fourth-order valence-corrected chi connectivity index (χ4v) is 2.97. The molecule has 0 unspecified atom stereocenters. The van der Waals surface area contributed by atoms with Gasteiger partial charge in [-0.2, -0.15) is 0 Å². The largest absolute Gasteiger partial charge is 0.497 e. The fourth-order valence-electron chi connectivity index (χ4n) is 2.71. The van der Waals surface area contributed by atoms with E-state index in [9.17, 15) is 0 Å². The van der Waals surface area contributed by atoms with Crippen LogP contribution in [0.5, 0.6) is 11.6 Å². The lowest BCUT2D eigenvalue weighted by molar-refractivity contribution is 0.293. The number of aromatic nitrogens is 2. The van der Waals surface area contributed by atoms with E-state index < -0.39 is 0 Å². The quantitative estimate of drug-likeness (QED) is 0.553. The summed E-state index contributed by atoms with van der Waals surface area (Å²) in [5.41, 5.74) is 2.33. The Morgan fingerprint density at radius 3 is 2.54 bits per heavy atom. The van der Waals surface area contributed by atoms with Crippen LogP contribution in [-0.4, -0.2) is 30.7 Å². The van der Waals surface area contributed by atoms with E-state index in [1.54, 1.807) is 13.2 Å². The molecular formula is C20H28ClN3O2. The molecule has 0 aliphatic heterocycles. The fraction of sp³-hybridized carbons (Fsp3) is 0.500. The second-order valence-corrected chi connectivity index (χ2v) is 6.58. The molecule has 0 saturated carbocycles. The second-order valence-electron chi connectivity index (χ2n) is 6.17. The molecule has 2 rings (SSSR count). The number of aryl methyl sites for hydroxylation is 1. The highest BCUT2D eigenvalue weighted by atomic mass is 35.5. The maximum Gasteiger partial charge on any atom is 0.257 e. The van der Waals surface area contributed by atoms with E-state index in [1.165, 1.54) is 25.7 Å². The molecule has 0 aliphatic rings. The van der Waals surface area contributed by atoms with Gasteiger partial charge in [-0.1, -0.05) is 44.2 Å². The number of rotatable bonds is 10. The molecule has 0 atom stereocenters. The minimum absolute atomic E-state index is 0.536. The van der Waals surface area contributed by atoms with Crippen LogP contribution < -0.4 is 14.8 Å². The van der Waals surface area contributed by atoms with Crippen molar-refractivity contribution in [2.45, 2.75) is 46.0 Å². The third kappa shape index (κ3) is 5.24. The summed E-state index contributed by atoms with van der Waals surface area (Å²) in [4.78, 5) is 9.28. The molecule has 1 N–H and O–H groups in total. The summed E-state index contributed by atoms with van der Waals surface area (Å²) in [5, 5.41) is 3.65. The second kappa shape index (κ2) is 10.2. The first kappa shape index (κ1) is 20.3. The number of nitrogens with one attached hydrogen (secondary N) is 1. The van der Waals surface area contributed by atoms with E-state index in [-0.39, 0.29) is 0 Å². The van der Waals surface area contributed by atoms with Crippen LogP contribution in [0.25, 0.3) is 11.3 Å². The molecule has 0 radical (unpaired) electrons. The molecule has 1 aromatic heterocycles. The Kier molecular flexibility index (Phi) is 7.98. The Labute approximate surface area is 161 Å². The zero-order valence-corrected chi connectivity index (χ0v) is 16.8. The molecule has 142 valence electrons. The Balaban J connectivity index is 2.16. The highest BCUT2D eigenvalue weighted by Gasteiger charge is 2.15. The monoisotopic (exact) mass is 377 g/mol. The van der Waals surface area contributed by atoms with Gasteiger partial charge in [0.05, 0.1) is 30.1 Å². The van der Waals surface area contributed by atoms with Crippen LogP contribution in [-0.2, 0) is 0 Å². The molecule has 0 amide bonds. The number of hydrogen-bond acceptors (Lipinski definition) is 5. The van der Waals surface area contributed by atoms with Crippen LogP contribution in [0.3, 0.4) is 0 Å². The number of ether oxygens (including phenoxy) is 2.